The Kier molecular flexibility index (Phi) is 6.60. The maximum atomic E-state index is 12.0. The molecule has 1 aliphatic heterocycles. The molecule has 3 atom stereocenters. The Morgan fingerprint density at radius 3 is 2.79 bits per heavy atom. The maximum absolute atomic E-state index is 12.0. The Morgan fingerprint density at radius 2 is 2.17 bits per heavy atom. The summed E-state index contributed by atoms with van der Waals surface area (Å²) < 4.78 is 13.0. The van der Waals surface area contributed by atoms with Crippen molar-refractivity contribution in [2.75, 3.05) is 12.5 Å². The van der Waals surface area contributed by atoms with Crippen LogP contribution < -0.4 is 11.2 Å². The fourth-order valence-corrected chi connectivity index (χ4v) is 4.33. The average molecular weight is 377 g/mol. The second-order valence-corrected chi connectivity index (χ2v) is 9.73. The summed E-state index contributed by atoms with van der Waals surface area (Å²) in [6, 6.07) is 0. The van der Waals surface area contributed by atoms with E-state index >= 15 is 0 Å². The molecule has 0 aliphatic carbocycles. The second kappa shape index (κ2) is 8.09. The number of aliphatic hydroxyl groups is 1. The topological polar surface area (TPSA) is 93.6 Å². The SMILES string of the molecule is Cc1cn([C@H]2C[C@@H](OCSSC(C)(C)C)[C@@H](CO)O2)c(=O)[nH]c1=O. The summed E-state index contributed by atoms with van der Waals surface area (Å²) in [5.74, 6) is 0.471. The van der Waals surface area contributed by atoms with Gasteiger partial charge in [0.05, 0.1) is 12.7 Å². The molecule has 0 aromatic carbocycles. The standard InChI is InChI=1S/C15H24N2O5S2/c1-9-6-17(14(20)16-13(9)19)12-5-10(11(7-18)22-12)21-8-23-24-15(2,3)4/h6,10-12,18H,5,7-8H2,1-4H3,(H,16,19,20)/t10-,11-,12-/m1/s1. The molecular weight excluding hydrogens is 352 g/mol. The number of aryl methyl sites for hydroxylation is 1. The van der Waals surface area contributed by atoms with Gasteiger partial charge < -0.3 is 14.6 Å². The highest BCUT2D eigenvalue weighted by molar-refractivity contribution is 8.77. The molecule has 2 N–H and O–H groups in total. The van der Waals surface area contributed by atoms with Gasteiger partial charge in [0.2, 0.25) is 0 Å². The predicted octanol–water partition coefficient (Wildman–Crippen LogP) is 1.65. The normalized spacial score (nSPS) is 24.5. The molecule has 0 amide bonds. The van der Waals surface area contributed by atoms with E-state index in [2.05, 4.69) is 25.8 Å². The van der Waals surface area contributed by atoms with Gasteiger partial charge in [0, 0.05) is 22.9 Å². The average Bonchev–Trinajstić information content (AvgIpc) is 2.89. The summed E-state index contributed by atoms with van der Waals surface area (Å²) in [6.45, 7) is 7.82. The van der Waals surface area contributed by atoms with Crippen LogP contribution in [0.5, 0.6) is 0 Å². The van der Waals surface area contributed by atoms with Crippen molar-refractivity contribution in [3.63, 3.8) is 0 Å². The van der Waals surface area contributed by atoms with Gasteiger partial charge in [-0.15, -0.1) is 0 Å². The van der Waals surface area contributed by atoms with Crippen LogP contribution in [0.2, 0.25) is 0 Å². The molecule has 1 aromatic rings. The molecule has 1 aromatic heterocycles. The number of rotatable bonds is 6. The summed E-state index contributed by atoms with van der Waals surface area (Å²) in [5, 5.41) is 9.49. The van der Waals surface area contributed by atoms with Crippen LogP contribution in [0.25, 0.3) is 0 Å². The number of aliphatic hydroxyl groups excluding tert-OH is 1. The highest BCUT2D eigenvalue weighted by Gasteiger charge is 2.37. The molecule has 0 bridgehead atoms. The lowest BCUT2D eigenvalue weighted by Gasteiger charge is -2.19. The molecule has 2 rings (SSSR count). The van der Waals surface area contributed by atoms with Crippen LogP contribution in [0.15, 0.2) is 15.8 Å². The number of nitrogens with zero attached hydrogens (tertiary/aromatic N) is 1. The Balaban J connectivity index is 2.00. The zero-order chi connectivity index (χ0) is 17.9. The molecule has 1 fully saturated rings. The van der Waals surface area contributed by atoms with E-state index in [1.54, 1.807) is 28.5 Å². The van der Waals surface area contributed by atoms with Crippen molar-refractivity contribution in [2.45, 2.75) is 57.3 Å². The Labute approximate surface area is 148 Å². The van der Waals surface area contributed by atoms with E-state index in [0.717, 1.165) is 0 Å². The molecule has 0 spiro atoms. The number of hydrogen-bond donors (Lipinski definition) is 2. The van der Waals surface area contributed by atoms with Gasteiger partial charge in [0.1, 0.15) is 18.3 Å². The third-order valence-electron chi connectivity index (χ3n) is 3.46. The molecule has 2 heterocycles. The fourth-order valence-electron chi connectivity index (χ4n) is 2.33. The zero-order valence-corrected chi connectivity index (χ0v) is 15.9. The van der Waals surface area contributed by atoms with E-state index < -0.39 is 23.6 Å². The number of hydrogen-bond acceptors (Lipinski definition) is 7. The van der Waals surface area contributed by atoms with Gasteiger partial charge in [-0.2, -0.15) is 0 Å². The van der Waals surface area contributed by atoms with E-state index in [1.807, 2.05) is 0 Å². The number of nitrogens with one attached hydrogen (secondary N) is 1. The van der Waals surface area contributed by atoms with Gasteiger partial charge in [-0.05, 0) is 6.92 Å². The summed E-state index contributed by atoms with van der Waals surface area (Å²) in [4.78, 5) is 25.7. The van der Waals surface area contributed by atoms with Crippen molar-refractivity contribution < 1.29 is 14.6 Å². The molecule has 9 heteroatoms. The second-order valence-electron chi connectivity index (χ2n) is 6.66. The largest absolute Gasteiger partial charge is 0.394 e. The molecule has 1 aliphatic rings. The molecule has 136 valence electrons. The molecular formula is C15H24N2O5S2. The minimum absolute atomic E-state index is 0.139. The minimum atomic E-state index is -0.560. The summed E-state index contributed by atoms with van der Waals surface area (Å²) >= 11 is 0. The highest BCUT2D eigenvalue weighted by atomic mass is 33.1. The first-order valence-corrected chi connectivity index (χ1v) is 10.0. The van der Waals surface area contributed by atoms with Gasteiger partial charge in [0.25, 0.3) is 5.56 Å². The summed E-state index contributed by atoms with van der Waals surface area (Å²) in [6.07, 6.45) is 0.571. The lowest BCUT2D eigenvalue weighted by Crippen LogP contribution is -2.33. The lowest BCUT2D eigenvalue weighted by atomic mass is 10.2. The van der Waals surface area contributed by atoms with E-state index in [1.165, 1.54) is 10.8 Å². The first-order valence-electron chi connectivity index (χ1n) is 7.72. The maximum Gasteiger partial charge on any atom is 0.330 e. The van der Waals surface area contributed by atoms with Gasteiger partial charge in [-0.1, -0.05) is 42.4 Å². The van der Waals surface area contributed by atoms with Crippen LogP contribution in [0.1, 0.15) is 39.0 Å². The van der Waals surface area contributed by atoms with E-state index in [4.69, 9.17) is 9.47 Å². The lowest BCUT2D eigenvalue weighted by molar-refractivity contribution is -0.0554. The van der Waals surface area contributed by atoms with Crippen molar-refractivity contribution in [1.82, 2.24) is 9.55 Å². The van der Waals surface area contributed by atoms with Gasteiger partial charge >= 0.3 is 5.69 Å². The van der Waals surface area contributed by atoms with Crippen molar-refractivity contribution in [3.8, 4) is 0 Å². The van der Waals surface area contributed by atoms with E-state index in [0.29, 0.717) is 17.9 Å². The molecule has 7 nitrogen and oxygen atoms in total. The van der Waals surface area contributed by atoms with Crippen LogP contribution in [-0.4, -0.2) is 44.2 Å². The monoisotopic (exact) mass is 376 g/mol. The predicted molar refractivity (Wildman–Crippen MR) is 96.3 cm³/mol. The van der Waals surface area contributed by atoms with Crippen molar-refractivity contribution in [3.05, 3.63) is 32.6 Å². The van der Waals surface area contributed by atoms with Crippen LogP contribution in [-0.2, 0) is 9.47 Å². The zero-order valence-electron chi connectivity index (χ0n) is 14.3. The molecule has 0 unspecified atom stereocenters. The Morgan fingerprint density at radius 1 is 1.46 bits per heavy atom. The molecule has 0 saturated carbocycles. The first-order chi connectivity index (χ1) is 11.2. The molecule has 0 radical (unpaired) electrons. The number of ether oxygens (including phenoxy) is 2. The van der Waals surface area contributed by atoms with Gasteiger partial charge in [-0.25, -0.2) is 4.79 Å². The number of H-pyrrole nitrogens is 1. The van der Waals surface area contributed by atoms with Crippen LogP contribution in [0.4, 0.5) is 0 Å². The quantitative estimate of drug-likeness (QED) is 0.443. The van der Waals surface area contributed by atoms with E-state index in [9.17, 15) is 14.7 Å². The summed E-state index contributed by atoms with van der Waals surface area (Å²) in [7, 11) is 3.33. The van der Waals surface area contributed by atoms with Crippen molar-refractivity contribution in [1.29, 1.82) is 0 Å². The third-order valence-corrected chi connectivity index (χ3v) is 6.45. The van der Waals surface area contributed by atoms with Crippen molar-refractivity contribution in [2.24, 2.45) is 0 Å². The van der Waals surface area contributed by atoms with Crippen LogP contribution in [0, 0.1) is 6.92 Å². The minimum Gasteiger partial charge on any atom is -0.394 e. The molecule has 1 saturated heterocycles. The van der Waals surface area contributed by atoms with Crippen LogP contribution >= 0.6 is 21.6 Å². The smallest absolute Gasteiger partial charge is 0.330 e. The molecule has 24 heavy (non-hydrogen) atoms. The van der Waals surface area contributed by atoms with Gasteiger partial charge in [0.15, 0.2) is 0 Å². The first kappa shape index (κ1) is 19.6. The van der Waals surface area contributed by atoms with Crippen LogP contribution in [0.3, 0.4) is 0 Å². The third kappa shape index (κ3) is 5.13. The summed E-state index contributed by atoms with van der Waals surface area (Å²) in [5.41, 5.74) is -0.498. The Bertz CT molecular complexity index is 667. The number of aromatic nitrogens is 2. The Hall–Kier alpha value is -0.740. The van der Waals surface area contributed by atoms with Crippen molar-refractivity contribution >= 4 is 21.6 Å². The number of aromatic amines is 1. The van der Waals surface area contributed by atoms with Gasteiger partial charge in [-0.3, -0.25) is 14.3 Å². The fraction of sp³-hybridized carbons (Fsp3) is 0.733. The highest BCUT2D eigenvalue weighted by Crippen LogP contribution is 2.36. The van der Waals surface area contributed by atoms with E-state index in [-0.39, 0.29) is 17.5 Å².